The SMILES string of the molecule is O=Cc1ccc(F)cc1OC(F)(F)F. The van der Waals surface area contributed by atoms with E-state index < -0.39 is 17.9 Å². The summed E-state index contributed by atoms with van der Waals surface area (Å²) in [6, 6.07) is 2.27. The molecule has 0 aromatic heterocycles. The Morgan fingerprint density at radius 1 is 1.29 bits per heavy atom. The zero-order valence-electron chi connectivity index (χ0n) is 6.64. The van der Waals surface area contributed by atoms with Gasteiger partial charge in [-0.3, -0.25) is 4.79 Å². The van der Waals surface area contributed by atoms with Gasteiger partial charge in [0.25, 0.3) is 0 Å². The molecule has 0 fully saturated rings. The first-order valence-electron chi connectivity index (χ1n) is 3.43. The number of alkyl halides is 3. The smallest absolute Gasteiger partial charge is 0.405 e. The Kier molecular flexibility index (Phi) is 2.73. The molecule has 0 unspecified atom stereocenters. The van der Waals surface area contributed by atoms with E-state index in [0.717, 1.165) is 12.1 Å². The van der Waals surface area contributed by atoms with Crippen LogP contribution in [0.2, 0.25) is 0 Å². The van der Waals surface area contributed by atoms with Crippen molar-refractivity contribution < 1.29 is 27.1 Å². The predicted octanol–water partition coefficient (Wildman–Crippen LogP) is 2.54. The summed E-state index contributed by atoms with van der Waals surface area (Å²) in [6.45, 7) is 0. The Hall–Kier alpha value is -1.59. The molecule has 0 N–H and O–H groups in total. The lowest BCUT2D eigenvalue weighted by Gasteiger charge is -2.10. The molecule has 0 radical (unpaired) electrons. The van der Waals surface area contributed by atoms with E-state index in [-0.39, 0.29) is 11.8 Å². The van der Waals surface area contributed by atoms with Crippen LogP contribution in [0.1, 0.15) is 10.4 Å². The van der Waals surface area contributed by atoms with Crippen molar-refractivity contribution >= 4 is 6.29 Å². The molecule has 14 heavy (non-hydrogen) atoms. The van der Waals surface area contributed by atoms with Crippen LogP contribution in [0.3, 0.4) is 0 Å². The summed E-state index contributed by atoms with van der Waals surface area (Å²) in [6.07, 6.45) is -4.79. The molecule has 0 bridgehead atoms. The lowest BCUT2D eigenvalue weighted by molar-refractivity contribution is -0.274. The normalized spacial score (nSPS) is 11.1. The fourth-order valence-corrected chi connectivity index (χ4v) is 0.819. The lowest BCUT2D eigenvalue weighted by atomic mass is 10.2. The first kappa shape index (κ1) is 10.5. The highest BCUT2D eigenvalue weighted by Crippen LogP contribution is 2.26. The number of ether oxygens (including phenoxy) is 1. The number of hydrogen-bond acceptors (Lipinski definition) is 2. The number of carbonyl (C=O) groups excluding carboxylic acids is 1. The van der Waals surface area contributed by atoms with Gasteiger partial charge < -0.3 is 4.74 Å². The van der Waals surface area contributed by atoms with E-state index in [2.05, 4.69) is 4.74 Å². The first-order chi connectivity index (χ1) is 6.42. The first-order valence-corrected chi connectivity index (χ1v) is 3.43. The Morgan fingerprint density at radius 2 is 1.93 bits per heavy atom. The van der Waals surface area contributed by atoms with Gasteiger partial charge in [-0.2, -0.15) is 0 Å². The summed E-state index contributed by atoms with van der Waals surface area (Å²) in [5.41, 5.74) is -0.358. The van der Waals surface area contributed by atoms with Crippen LogP contribution in [0.5, 0.6) is 5.75 Å². The summed E-state index contributed by atoms with van der Waals surface area (Å²) in [4.78, 5) is 10.3. The molecule has 1 aromatic carbocycles. The maximum Gasteiger partial charge on any atom is 0.573 e. The third-order valence-corrected chi connectivity index (χ3v) is 1.33. The molecule has 1 aromatic rings. The van der Waals surface area contributed by atoms with Gasteiger partial charge in [0.05, 0.1) is 5.56 Å². The summed E-state index contributed by atoms with van der Waals surface area (Å²) in [7, 11) is 0. The van der Waals surface area contributed by atoms with Crippen molar-refractivity contribution in [3.8, 4) is 5.75 Å². The van der Waals surface area contributed by atoms with Crippen molar-refractivity contribution in [3.05, 3.63) is 29.6 Å². The highest BCUT2D eigenvalue weighted by atomic mass is 19.4. The largest absolute Gasteiger partial charge is 0.573 e. The summed E-state index contributed by atoms with van der Waals surface area (Å²) in [5.74, 6) is -1.75. The van der Waals surface area contributed by atoms with Crippen LogP contribution in [0.25, 0.3) is 0 Å². The zero-order chi connectivity index (χ0) is 10.8. The molecule has 0 spiro atoms. The van der Waals surface area contributed by atoms with Crippen molar-refractivity contribution in [1.29, 1.82) is 0 Å². The van der Waals surface area contributed by atoms with Crippen molar-refractivity contribution in [2.75, 3.05) is 0 Å². The number of halogens is 4. The van der Waals surface area contributed by atoms with Gasteiger partial charge in [-0.15, -0.1) is 13.2 Å². The maximum atomic E-state index is 12.5. The van der Waals surface area contributed by atoms with Crippen molar-refractivity contribution in [3.63, 3.8) is 0 Å². The van der Waals surface area contributed by atoms with Crippen molar-refractivity contribution in [2.45, 2.75) is 6.36 Å². The van der Waals surface area contributed by atoms with Crippen LogP contribution in [0, 0.1) is 5.82 Å². The van der Waals surface area contributed by atoms with Gasteiger partial charge >= 0.3 is 6.36 Å². The summed E-state index contributed by atoms with van der Waals surface area (Å²) in [5, 5.41) is 0. The van der Waals surface area contributed by atoms with Gasteiger partial charge in [0.2, 0.25) is 0 Å². The second-order valence-corrected chi connectivity index (χ2v) is 2.35. The van der Waals surface area contributed by atoms with Gasteiger partial charge in [0, 0.05) is 6.07 Å². The number of carbonyl (C=O) groups is 1. The van der Waals surface area contributed by atoms with Crippen LogP contribution in [0.15, 0.2) is 18.2 Å². The van der Waals surface area contributed by atoms with Crippen LogP contribution in [0.4, 0.5) is 17.6 Å². The minimum Gasteiger partial charge on any atom is -0.405 e. The van der Waals surface area contributed by atoms with Gasteiger partial charge in [-0.1, -0.05) is 0 Å². The molecule has 0 aliphatic carbocycles. The van der Waals surface area contributed by atoms with Crippen LogP contribution in [-0.4, -0.2) is 12.6 Å². The van der Waals surface area contributed by atoms with Gasteiger partial charge in [-0.25, -0.2) is 4.39 Å². The number of hydrogen-bond donors (Lipinski definition) is 0. The molecule has 0 amide bonds. The molecule has 0 heterocycles. The van der Waals surface area contributed by atoms with E-state index in [1.54, 1.807) is 0 Å². The molecule has 0 saturated carbocycles. The van der Waals surface area contributed by atoms with Crippen LogP contribution < -0.4 is 4.74 Å². The van der Waals surface area contributed by atoms with Gasteiger partial charge in [-0.05, 0) is 12.1 Å². The van der Waals surface area contributed by atoms with Crippen LogP contribution in [-0.2, 0) is 0 Å². The molecule has 0 aliphatic rings. The molecule has 2 nitrogen and oxygen atoms in total. The molecular formula is C8H4F4O2. The van der Waals surface area contributed by atoms with E-state index in [1.165, 1.54) is 0 Å². The molecule has 6 heteroatoms. The third kappa shape index (κ3) is 2.72. The standard InChI is InChI=1S/C8H4F4O2/c9-6-2-1-5(4-13)7(3-6)14-8(10,11)12/h1-4H. The summed E-state index contributed by atoms with van der Waals surface area (Å²) < 4.78 is 51.1. The maximum absolute atomic E-state index is 12.5. The van der Waals surface area contributed by atoms with Gasteiger partial charge in [0.1, 0.15) is 11.6 Å². The fraction of sp³-hybridized carbons (Fsp3) is 0.125. The third-order valence-electron chi connectivity index (χ3n) is 1.33. The molecule has 1 rings (SSSR count). The Bertz CT molecular complexity index is 346. The predicted molar refractivity (Wildman–Crippen MR) is 38.5 cm³/mol. The Balaban J connectivity index is 3.05. The highest BCUT2D eigenvalue weighted by Gasteiger charge is 2.32. The molecule has 0 aliphatic heterocycles. The van der Waals surface area contributed by atoms with E-state index in [1.807, 2.05) is 0 Å². The second-order valence-electron chi connectivity index (χ2n) is 2.35. The Morgan fingerprint density at radius 3 is 2.43 bits per heavy atom. The average Bonchev–Trinajstić information content (AvgIpc) is 2.01. The molecule has 0 saturated heterocycles. The van der Waals surface area contributed by atoms with Crippen molar-refractivity contribution in [2.24, 2.45) is 0 Å². The summed E-state index contributed by atoms with van der Waals surface area (Å²) >= 11 is 0. The second kappa shape index (κ2) is 3.65. The zero-order valence-corrected chi connectivity index (χ0v) is 6.64. The monoisotopic (exact) mass is 208 g/mol. The Labute approximate surface area is 76.1 Å². The fourth-order valence-electron chi connectivity index (χ4n) is 0.819. The molecular weight excluding hydrogens is 204 g/mol. The number of benzene rings is 1. The number of rotatable bonds is 2. The lowest BCUT2D eigenvalue weighted by Crippen LogP contribution is -2.18. The average molecular weight is 208 g/mol. The van der Waals surface area contributed by atoms with E-state index in [9.17, 15) is 22.4 Å². The van der Waals surface area contributed by atoms with Crippen molar-refractivity contribution in [1.82, 2.24) is 0 Å². The van der Waals surface area contributed by atoms with Crippen LogP contribution >= 0.6 is 0 Å². The van der Waals surface area contributed by atoms with E-state index in [4.69, 9.17) is 0 Å². The van der Waals surface area contributed by atoms with E-state index >= 15 is 0 Å². The molecule has 76 valence electrons. The quantitative estimate of drug-likeness (QED) is 0.551. The minimum absolute atomic E-state index is 0.153. The highest BCUT2D eigenvalue weighted by molar-refractivity contribution is 5.79. The number of aldehydes is 1. The minimum atomic E-state index is -4.94. The topological polar surface area (TPSA) is 26.3 Å². The van der Waals surface area contributed by atoms with E-state index in [0.29, 0.717) is 6.07 Å². The molecule has 0 atom stereocenters. The van der Waals surface area contributed by atoms with Gasteiger partial charge in [0.15, 0.2) is 6.29 Å².